The zero-order valence-corrected chi connectivity index (χ0v) is 12.1. The number of rotatable bonds is 7. The molecule has 0 aliphatic carbocycles. The van der Waals surface area contributed by atoms with Gasteiger partial charge in [-0.2, -0.15) is 11.8 Å². The van der Waals surface area contributed by atoms with E-state index < -0.39 is 12.0 Å². The molecular weight excluding hydrogens is 268 g/mol. The quantitative estimate of drug-likeness (QED) is 0.684. The second kappa shape index (κ2) is 9.03. The number of nitrogens with one attached hydrogen (secondary N) is 1. The molecule has 0 aromatic rings. The van der Waals surface area contributed by atoms with Gasteiger partial charge in [-0.05, 0) is 19.3 Å². The van der Waals surface area contributed by atoms with Gasteiger partial charge in [0.1, 0.15) is 6.04 Å². The van der Waals surface area contributed by atoms with Gasteiger partial charge in [0.05, 0.1) is 0 Å². The van der Waals surface area contributed by atoms with Gasteiger partial charge in [0, 0.05) is 38.3 Å². The number of methoxy groups -OCH3 is 1. The van der Waals surface area contributed by atoms with Crippen LogP contribution in [-0.4, -0.2) is 66.4 Å². The number of amides is 2. The van der Waals surface area contributed by atoms with E-state index in [0.717, 1.165) is 31.6 Å². The summed E-state index contributed by atoms with van der Waals surface area (Å²) in [7, 11) is 1.67. The van der Waals surface area contributed by atoms with E-state index in [-0.39, 0.29) is 6.03 Å². The third-order valence-corrected chi connectivity index (χ3v) is 4.00. The highest BCUT2D eigenvalue weighted by molar-refractivity contribution is 7.99. The Hall–Kier alpha value is -0.950. The van der Waals surface area contributed by atoms with Gasteiger partial charge in [0.25, 0.3) is 0 Å². The lowest BCUT2D eigenvalue weighted by Gasteiger charge is -2.32. The van der Waals surface area contributed by atoms with Crippen LogP contribution in [0.25, 0.3) is 0 Å². The number of carboxylic acids is 1. The lowest BCUT2D eigenvalue weighted by atomic mass is 10.2. The van der Waals surface area contributed by atoms with Gasteiger partial charge in [-0.15, -0.1) is 0 Å². The fraction of sp³-hybridized carbons (Fsp3) is 0.833. The van der Waals surface area contributed by atoms with Crippen LogP contribution in [0.5, 0.6) is 0 Å². The molecule has 7 heteroatoms. The van der Waals surface area contributed by atoms with E-state index in [9.17, 15) is 9.59 Å². The molecule has 0 bridgehead atoms. The number of urea groups is 1. The Kier molecular flexibility index (Phi) is 7.66. The molecule has 2 amide bonds. The monoisotopic (exact) mass is 290 g/mol. The van der Waals surface area contributed by atoms with Gasteiger partial charge in [0.2, 0.25) is 0 Å². The second-order valence-electron chi connectivity index (χ2n) is 4.41. The highest BCUT2D eigenvalue weighted by atomic mass is 32.2. The maximum absolute atomic E-state index is 11.9. The van der Waals surface area contributed by atoms with Crippen LogP contribution < -0.4 is 5.32 Å². The number of thioether (sulfide) groups is 1. The largest absolute Gasteiger partial charge is 0.480 e. The van der Waals surface area contributed by atoms with E-state index in [4.69, 9.17) is 9.84 Å². The average molecular weight is 290 g/mol. The fourth-order valence-electron chi connectivity index (χ4n) is 1.90. The van der Waals surface area contributed by atoms with Crippen LogP contribution in [0.3, 0.4) is 0 Å². The van der Waals surface area contributed by atoms with Crippen molar-refractivity contribution in [1.82, 2.24) is 10.2 Å². The maximum atomic E-state index is 11.9. The molecule has 1 fully saturated rings. The lowest BCUT2D eigenvalue weighted by molar-refractivity contribution is -0.141. The first-order valence-electron chi connectivity index (χ1n) is 6.50. The number of aliphatic carboxylic acids is 1. The third-order valence-electron chi connectivity index (χ3n) is 2.98. The predicted octanol–water partition coefficient (Wildman–Crippen LogP) is 1.01. The molecule has 1 heterocycles. The number of hydrogen-bond donors (Lipinski definition) is 2. The third kappa shape index (κ3) is 5.69. The Labute approximate surface area is 117 Å². The molecule has 1 saturated heterocycles. The van der Waals surface area contributed by atoms with Crippen molar-refractivity contribution in [2.75, 3.05) is 38.3 Å². The van der Waals surface area contributed by atoms with Gasteiger partial charge in [0.15, 0.2) is 0 Å². The fourth-order valence-corrected chi connectivity index (χ4v) is 2.93. The molecule has 0 spiro atoms. The minimum absolute atomic E-state index is 0.264. The van der Waals surface area contributed by atoms with Crippen molar-refractivity contribution < 1.29 is 19.4 Å². The molecule has 0 radical (unpaired) electrons. The van der Waals surface area contributed by atoms with Crippen LogP contribution >= 0.6 is 11.8 Å². The summed E-state index contributed by atoms with van der Waals surface area (Å²) < 4.78 is 4.94. The van der Waals surface area contributed by atoms with Gasteiger partial charge >= 0.3 is 12.0 Å². The Morgan fingerprint density at radius 2 is 2.21 bits per heavy atom. The van der Waals surface area contributed by atoms with E-state index >= 15 is 0 Å². The summed E-state index contributed by atoms with van der Waals surface area (Å²) >= 11 is 1.57. The molecule has 110 valence electrons. The summed E-state index contributed by atoms with van der Waals surface area (Å²) in [6.07, 6.45) is 2.85. The Balaban J connectivity index is 2.25. The second-order valence-corrected chi connectivity index (χ2v) is 5.56. The van der Waals surface area contributed by atoms with E-state index in [2.05, 4.69) is 5.32 Å². The molecule has 1 aliphatic heterocycles. The molecule has 2 N–H and O–H groups in total. The summed E-state index contributed by atoms with van der Waals surface area (Å²) in [5, 5.41) is 11.9. The lowest BCUT2D eigenvalue weighted by Crippen LogP contribution is -2.53. The molecule has 0 aromatic carbocycles. The molecule has 6 nitrogen and oxygen atoms in total. The minimum Gasteiger partial charge on any atom is -0.480 e. The van der Waals surface area contributed by atoms with Crippen LogP contribution in [-0.2, 0) is 9.53 Å². The number of ether oxygens (including phenoxy) is 1. The van der Waals surface area contributed by atoms with Crippen LogP contribution in [0.1, 0.15) is 19.3 Å². The summed E-state index contributed by atoms with van der Waals surface area (Å²) in [5.74, 6) is 0.337. The SMILES string of the molecule is COCCCCCNC(=O)N1CCSCC1C(=O)O. The van der Waals surface area contributed by atoms with Crippen LogP contribution in [0.4, 0.5) is 4.79 Å². The van der Waals surface area contributed by atoms with Crippen molar-refractivity contribution in [1.29, 1.82) is 0 Å². The van der Waals surface area contributed by atoms with E-state index in [1.807, 2.05) is 0 Å². The molecule has 1 rings (SSSR count). The first-order chi connectivity index (χ1) is 9.16. The Morgan fingerprint density at radius 3 is 2.89 bits per heavy atom. The Morgan fingerprint density at radius 1 is 1.42 bits per heavy atom. The highest BCUT2D eigenvalue weighted by Crippen LogP contribution is 2.16. The minimum atomic E-state index is -0.928. The predicted molar refractivity (Wildman–Crippen MR) is 74.6 cm³/mol. The summed E-state index contributed by atoms with van der Waals surface area (Å²) in [6.45, 7) is 1.81. The number of unbranched alkanes of at least 4 members (excludes halogenated alkanes) is 2. The van der Waals surface area contributed by atoms with Crippen LogP contribution in [0, 0.1) is 0 Å². The van der Waals surface area contributed by atoms with Crippen molar-refractivity contribution in [2.24, 2.45) is 0 Å². The number of hydrogen-bond acceptors (Lipinski definition) is 4. The van der Waals surface area contributed by atoms with Gasteiger partial charge in [-0.3, -0.25) is 0 Å². The first-order valence-corrected chi connectivity index (χ1v) is 7.66. The van der Waals surface area contributed by atoms with E-state index in [1.54, 1.807) is 18.9 Å². The smallest absolute Gasteiger partial charge is 0.327 e. The number of carbonyl (C=O) groups excluding carboxylic acids is 1. The standard InChI is InChI=1S/C12H22N2O4S/c1-18-7-4-2-3-5-13-12(17)14-6-8-19-9-10(14)11(15)16/h10H,2-9H2,1H3,(H,13,17)(H,15,16). The maximum Gasteiger partial charge on any atom is 0.327 e. The zero-order chi connectivity index (χ0) is 14.1. The molecule has 1 unspecified atom stereocenters. The van der Waals surface area contributed by atoms with Crippen LogP contribution in [0.2, 0.25) is 0 Å². The van der Waals surface area contributed by atoms with Crippen LogP contribution in [0.15, 0.2) is 0 Å². The van der Waals surface area contributed by atoms with E-state index in [1.165, 1.54) is 4.90 Å². The van der Waals surface area contributed by atoms with Gasteiger partial charge in [-0.25, -0.2) is 9.59 Å². The molecular formula is C12H22N2O4S. The Bertz CT molecular complexity index is 301. The summed E-state index contributed by atoms with van der Waals surface area (Å²) in [6, 6.07) is -0.966. The van der Waals surface area contributed by atoms with Crippen molar-refractivity contribution in [3.63, 3.8) is 0 Å². The molecule has 0 aromatic heterocycles. The van der Waals surface area contributed by atoms with Gasteiger partial charge < -0.3 is 20.1 Å². The van der Waals surface area contributed by atoms with Crippen molar-refractivity contribution >= 4 is 23.8 Å². The zero-order valence-electron chi connectivity index (χ0n) is 11.3. The number of carboxylic acid groups (broad SMARTS) is 1. The topological polar surface area (TPSA) is 78.9 Å². The van der Waals surface area contributed by atoms with E-state index in [0.29, 0.717) is 18.8 Å². The normalized spacial score (nSPS) is 19.2. The van der Waals surface area contributed by atoms with Gasteiger partial charge in [-0.1, -0.05) is 0 Å². The summed E-state index contributed by atoms with van der Waals surface area (Å²) in [4.78, 5) is 24.4. The number of nitrogens with zero attached hydrogens (tertiary/aromatic N) is 1. The first kappa shape index (κ1) is 16.1. The molecule has 19 heavy (non-hydrogen) atoms. The number of carbonyl (C=O) groups is 2. The van der Waals surface area contributed by atoms with Crippen molar-refractivity contribution in [2.45, 2.75) is 25.3 Å². The molecule has 0 saturated carbocycles. The van der Waals surface area contributed by atoms with Crippen molar-refractivity contribution in [3.8, 4) is 0 Å². The average Bonchev–Trinajstić information content (AvgIpc) is 2.42. The van der Waals surface area contributed by atoms with Crippen molar-refractivity contribution in [3.05, 3.63) is 0 Å². The summed E-state index contributed by atoms with van der Waals surface area (Å²) in [5.41, 5.74) is 0. The molecule has 1 aliphatic rings. The highest BCUT2D eigenvalue weighted by Gasteiger charge is 2.32. The molecule has 1 atom stereocenters.